The van der Waals surface area contributed by atoms with Gasteiger partial charge in [-0.25, -0.2) is 4.98 Å². The number of piperidine rings is 1. The summed E-state index contributed by atoms with van der Waals surface area (Å²) >= 11 is 0. The first-order valence-corrected chi connectivity index (χ1v) is 6.32. The van der Waals surface area contributed by atoms with Crippen molar-refractivity contribution < 1.29 is 0 Å². The normalized spacial score (nSPS) is 17.2. The number of hydrogen-bond acceptors (Lipinski definition) is 3. The highest BCUT2D eigenvalue weighted by Gasteiger charge is 2.21. The largest absolute Gasteiger partial charge is 0.370 e. The van der Waals surface area contributed by atoms with Gasteiger partial charge >= 0.3 is 0 Å². The van der Waals surface area contributed by atoms with E-state index in [4.69, 9.17) is 5.26 Å². The van der Waals surface area contributed by atoms with Gasteiger partial charge in [-0.15, -0.1) is 0 Å². The van der Waals surface area contributed by atoms with Crippen molar-refractivity contribution in [3.63, 3.8) is 0 Å². The lowest BCUT2D eigenvalue weighted by Gasteiger charge is -2.35. The van der Waals surface area contributed by atoms with E-state index >= 15 is 0 Å². The van der Waals surface area contributed by atoms with Crippen molar-refractivity contribution in [2.45, 2.75) is 26.7 Å². The molecule has 2 heterocycles. The fourth-order valence-corrected chi connectivity index (χ4v) is 2.46. The number of rotatable bonds is 2. The molecule has 0 amide bonds. The van der Waals surface area contributed by atoms with E-state index < -0.39 is 0 Å². The van der Waals surface area contributed by atoms with E-state index in [2.05, 4.69) is 23.7 Å². The quantitative estimate of drug-likeness (QED) is 0.783. The van der Waals surface area contributed by atoms with Crippen LogP contribution < -0.4 is 4.90 Å². The molecule has 0 spiro atoms. The second-order valence-electron chi connectivity index (χ2n) is 5.08. The smallest absolute Gasteiger partial charge is 0.140 e. The molecule has 1 aromatic rings. The van der Waals surface area contributed by atoms with Crippen LogP contribution in [0.25, 0.3) is 0 Å². The Kier molecular flexibility index (Phi) is 3.63. The monoisotopic (exact) mass is 229 g/mol. The SMILES string of the molecule is CC(C)C1CCN(c2ccc(C#N)nc2)CC1. The average Bonchev–Trinajstić information content (AvgIpc) is 2.39. The molecule has 1 aliphatic heterocycles. The van der Waals surface area contributed by atoms with Gasteiger partial charge in [0.1, 0.15) is 11.8 Å². The Balaban J connectivity index is 1.98. The maximum atomic E-state index is 8.71. The molecule has 0 N–H and O–H groups in total. The molecule has 2 rings (SSSR count). The fraction of sp³-hybridized carbons (Fsp3) is 0.571. The van der Waals surface area contributed by atoms with E-state index in [0.717, 1.165) is 30.6 Å². The molecule has 1 saturated heterocycles. The molecule has 17 heavy (non-hydrogen) atoms. The molecule has 1 fully saturated rings. The zero-order chi connectivity index (χ0) is 12.3. The van der Waals surface area contributed by atoms with E-state index in [-0.39, 0.29) is 0 Å². The summed E-state index contributed by atoms with van der Waals surface area (Å²) in [5.74, 6) is 1.65. The Bertz CT molecular complexity index is 394. The zero-order valence-corrected chi connectivity index (χ0v) is 10.6. The molecular weight excluding hydrogens is 210 g/mol. The molecule has 1 aromatic heterocycles. The van der Waals surface area contributed by atoms with Gasteiger partial charge in [0.2, 0.25) is 0 Å². The van der Waals surface area contributed by atoms with E-state index in [1.165, 1.54) is 12.8 Å². The predicted molar refractivity (Wildman–Crippen MR) is 68.7 cm³/mol. The van der Waals surface area contributed by atoms with Crippen LogP contribution in [0.15, 0.2) is 18.3 Å². The second-order valence-corrected chi connectivity index (χ2v) is 5.08. The van der Waals surface area contributed by atoms with Gasteiger partial charge in [0, 0.05) is 13.1 Å². The number of nitriles is 1. The molecule has 3 nitrogen and oxygen atoms in total. The maximum Gasteiger partial charge on any atom is 0.140 e. The summed E-state index contributed by atoms with van der Waals surface area (Å²) in [4.78, 5) is 6.49. The summed E-state index contributed by atoms with van der Waals surface area (Å²) in [6.45, 7) is 6.83. The lowest BCUT2D eigenvalue weighted by atomic mass is 9.86. The molecule has 0 aliphatic carbocycles. The number of anilines is 1. The van der Waals surface area contributed by atoms with Crippen LogP contribution in [0.4, 0.5) is 5.69 Å². The number of nitrogens with zero attached hydrogens (tertiary/aromatic N) is 3. The first-order chi connectivity index (χ1) is 8.20. The van der Waals surface area contributed by atoms with Crippen molar-refractivity contribution in [1.82, 2.24) is 4.98 Å². The lowest BCUT2D eigenvalue weighted by molar-refractivity contribution is 0.311. The third kappa shape index (κ3) is 2.76. The summed E-state index contributed by atoms with van der Waals surface area (Å²) in [6.07, 6.45) is 4.34. The van der Waals surface area contributed by atoms with Crippen molar-refractivity contribution in [2.75, 3.05) is 18.0 Å². The number of aromatic nitrogens is 1. The van der Waals surface area contributed by atoms with Gasteiger partial charge in [-0.2, -0.15) is 5.26 Å². The van der Waals surface area contributed by atoms with Crippen LogP contribution in [0.3, 0.4) is 0 Å². The van der Waals surface area contributed by atoms with Crippen molar-refractivity contribution >= 4 is 5.69 Å². The van der Waals surface area contributed by atoms with E-state index in [1.807, 2.05) is 18.3 Å². The number of pyridine rings is 1. The summed E-state index contributed by atoms with van der Waals surface area (Å²) in [7, 11) is 0. The van der Waals surface area contributed by atoms with E-state index in [9.17, 15) is 0 Å². The van der Waals surface area contributed by atoms with Crippen molar-refractivity contribution in [1.29, 1.82) is 5.26 Å². The van der Waals surface area contributed by atoms with Crippen LogP contribution in [0.2, 0.25) is 0 Å². The molecule has 90 valence electrons. The summed E-state index contributed by atoms with van der Waals surface area (Å²) in [6, 6.07) is 5.85. The molecule has 3 heteroatoms. The van der Waals surface area contributed by atoms with Crippen LogP contribution in [0.1, 0.15) is 32.4 Å². The van der Waals surface area contributed by atoms with Crippen LogP contribution in [-0.4, -0.2) is 18.1 Å². The number of hydrogen-bond donors (Lipinski definition) is 0. The topological polar surface area (TPSA) is 39.9 Å². The predicted octanol–water partition coefficient (Wildman–Crippen LogP) is 2.83. The molecule has 1 aliphatic rings. The third-order valence-corrected chi connectivity index (χ3v) is 3.71. The molecular formula is C14H19N3. The molecule has 0 saturated carbocycles. The van der Waals surface area contributed by atoms with Gasteiger partial charge in [-0.3, -0.25) is 0 Å². The van der Waals surface area contributed by atoms with Crippen LogP contribution in [-0.2, 0) is 0 Å². The van der Waals surface area contributed by atoms with E-state index in [1.54, 1.807) is 6.07 Å². The molecule has 0 unspecified atom stereocenters. The van der Waals surface area contributed by atoms with Crippen LogP contribution in [0.5, 0.6) is 0 Å². The summed E-state index contributed by atoms with van der Waals surface area (Å²) < 4.78 is 0. The Labute approximate surface area is 103 Å². The van der Waals surface area contributed by atoms with Crippen molar-refractivity contribution in [3.8, 4) is 6.07 Å². The summed E-state index contributed by atoms with van der Waals surface area (Å²) in [5.41, 5.74) is 1.64. The lowest BCUT2D eigenvalue weighted by Crippen LogP contribution is -2.35. The second kappa shape index (κ2) is 5.18. The molecule has 0 atom stereocenters. The van der Waals surface area contributed by atoms with Gasteiger partial charge in [0.15, 0.2) is 0 Å². The van der Waals surface area contributed by atoms with E-state index in [0.29, 0.717) is 5.69 Å². The first-order valence-electron chi connectivity index (χ1n) is 6.32. The Morgan fingerprint density at radius 2 is 2.06 bits per heavy atom. The molecule has 0 radical (unpaired) electrons. The Morgan fingerprint density at radius 1 is 1.35 bits per heavy atom. The van der Waals surface area contributed by atoms with Gasteiger partial charge in [0.25, 0.3) is 0 Å². The minimum absolute atomic E-state index is 0.491. The van der Waals surface area contributed by atoms with Crippen LogP contribution >= 0.6 is 0 Å². The minimum Gasteiger partial charge on any atom is -0.370 e. The van der Waals surface area contributed by atoms with Gasteiger partial charge in [-0.05, 0) is 36.8 Å². The summed E-state index contributed by atoms with van der Waals surface area (Å²) in [5, 5.41) is 8.71. The highest BCUT2D eigenvalue weighted by molar-refractivity contribution is 5.46. The minimum atomic E-state index is 0.491. The van der Waals surface area contributed by atoms with Crippen molar-refractivity contribution in [2.24, 2.45) is 11.8 Å². The zero-order valence-electron chi connectivity index (χ0n) is 10.6. The van der Waals surface area contributed by atoms with Crippen molar-refractivity contribution in [3.05, 3.63) is 24.0 Å². The van der Waals surface area contributed by atoms with Gasteiger partial charge < -0.3 is 4.90 Å². The molecule has 0 aromatic carbocycles. The third-order valence-electron chi connectivity index (χ3n) is 3.71. The highest BCUT2D eigenvalue weighted by atomic mass is 15.1. The van der Waals surface area contributed by atoms with Gasteiger partial charge in [0.05, 0.1) is 11.9 Å². The molecule has 0 bridgehead atoms. The van der Waals surface area contributed by atoms with Crippen LogP contribution in [0, 0.1) is 23.2 Å². The Morgan fingerprint density at radius 3 is 2.53 bits per heavy atom. The first kappa shape index (κ1) is 11.9. The standard InChI is InChI=1S/C14H19N3/c1-11(2)12-5-7-17(8-6-12)14-4-3-13(9-15)16-10-14/h3-4,10-12H,5-8H2,1-2H3. The maximum absolute atomic E-state index is 8.71. The highest BCUT2D eigenvalue weighted by Crippen LogP contribution is 2.27. The average molecular weight is 229 g/mol. The Hall–Kier alpha value is -1.56. The fourth-order valence-electron chi connectivity index (χ4n) is 2.46. The van der Waals surface area contributed by atoms with Gasteiger partial charge in [-0.1, -0.05) is 13.8 Å².